The number of amidine groups is 1. The zero-order chi connectivity index (χ0) is 24.9. The topological polar surface area (TPSA) is 61.8 Å². The highest BCUT2D eigenvalue weighted by atomic mass is 35.5. The summed E-state index contributed by atoms with van der Waals surface area (Å²) in [5, 5.41) is 1.86. The normalized spacial score (nSPS) is 15.5. The number of amides is 2. The highest BCUT2D eigenvalue weighted by Crippen LogP contribution is 2.28. The molecule has 0 unspecified atom stereocenters. The Labute approximate surface area is 214 Å². The highest BCUT2D eigenvalue weighted by molar-refractivity contribution is 7.98. The Morgan fingerprint density at radius 1 is 1.00 bits per heavy atom. The number of thioether (sulfide) groups is 1. The zero-order valence-electron chi connectivity index (χ0n) is 19.7. The first kappa shape index (κ1) is 24.8. The Balaban J connectivity index is 1.67. The Kier molecular flexibility index (Phi) is 7.73. The maximum Gasteiger partial charge on any atom is 0.297 e. The molecule has 7 heteroatoms. The van der Waals surface area contributed by atoms with Crippen LogP contribution in [0.4, 0.5) is 0 Å². The van der Waals surface area contributed by atoms with Crippen molar-refractivity contribution in [2.45, 2.75) is 24.7 Å². The first-order chi connectivity index (χ1) is 16.9. The van der Waals surface area contributed by atoms with E-state index in [1.807, 2.05) is 86.8 Å². The quantitative estimate of drug-likeness (QED) is 0.310. The van der Waals surface area contributed by atoms with Gasteiger partial charge < -0.3 is 0 Å². The van der Waals surface area contributed by atoms with Gasteiger partial charge >= 0.3 is 0 Å². The Morgan fingerprint density at radius 3 is 2.26 bits per heavy atom. The van der Waals surface area contributed by atoms with Crippen molar-refractivity contribution < 1.29 is 9.59 Å². The van der Waals surface area contributed by atoms with Crippen LogP contribution in [0.3, 0.4) is 0 Å². The Hall–Kier alpha value is -3.35. The summed E-state index contributed by atoms with van der Waals surface area (Å²) in [4.78, 5) is 32.7. The van der Waals surface area contributed by atoms with Crippen LogP contribution in [0.25, 0.3) is 6.08 Å². The van der Waals surface area contributed by atoms with Crippen LogP contribution in [0.5, 0.6) is 0 Å². The molecule has 1 heterocycles. The van der Waals surface area contributed by atoms with Gasteiger partial charge in [-0.1, -0.05) is 80.0 Å². The molecule has 0 radical (unpaired) electrons. The van der Waals surface area contributed by atoms with E-state index in [2.05, 4.69) is 10.4 Å². The third kappa shape index (κ3) is 5.66. The molecular weight excluding hydrogens is 478 g/mol. The minimum atomic E-state index is -0.468. The van der Waals surface area contributed by atoms with Gasteiger partial charge in [-0.2, -0.15) is 5.01 Å². The second-order valence-corrected chi connectivity index (χ2v) is 9.81. The smallest absolute Gasteiger partial charge is 0.273 e. The number of benzene rings is 3. The molecule has 1 atom stereocenters. The van der Waals surface area contributed by atoms with Crippen molar-refractivity contribution in [1.82, 2.24) is 10.4 Å². The van der Waals surface area contributed by atoms with Gasteiger partial charge in [-0.15, -0.1) is 11.8 Å². The number of carbonyl (C=O) groups is 2. The van der Waals surface area contributed by atoms with Crippen LogP contribution < -0.4 is 5.43 Å². The molecular formula is C28H26ClN3O2S. The second kappa shape index (κ2) is 10.9. The van der Waals surface area contributed by atoms with Crippen LogP contribution in [0.15, 0.2) is 94.4 Å². The van der Waals surface area contributed by atoms with Crippen LogP contribution in [0.2, 0.25) is 5.02 Å². The predicted molar refractivity (Wildman–Crippen MR) is 143 cm³/mol. The minimum absolute atomic E-state index is 0.00374. The van der Waals surface area contributed by atoms with Gasteiger partial charge in [0.25, 0.3) is 5.91 Å². The molecule has 0 aliphatic carbocycles. The summed E-state index contributed by atoms with van der Waals surface area (Å²) < 4.78 is 0. The summed E-state index contributed by atoms with van der Waals surface area (Å²) in [6.07, 6.45) is 3.75. The van der Waals surface area contributed by atoms with E-state index in [4.69, 9.17) is 11.6 Å². The number of halogens is 1. The molecule has 4 rings (SSSR count). The summed E-state index contributed by atoms with van der Waals surface area (Å²) in [6.45, 7) is 3.95. The van der Waals surface area contributed by atoms with Crippen LogP contribution in [0, 0.1) is 5.92 Å². The predicted octanol–water partition coefficient (Wildman–Crippen LogP) is 6.16. The van der Waals surface area contributed by atoms with Crippen molar-refractivity contribution in [1.29, 1.82) is 0 Å². The average Bonchev–Trinajstić information content (AvgIpc) is 3.16. The summed E-state index contributed by atoms with van der Waals surface area (Å²) in [5.74, 6) is -0.760. The van der Waals surface area contributed by atoms with Gasteiger partial charge in [-0.25, -0.2) is 4.99 Å². The summed E-state index contributed by atoms with van der Waals surface area (Å²) in [7, 11) is 0. The van der Waals surface area contributed by atoms with Crippen LogP contribution in [-0.4, -0.2) is 28.9 Å². The number of hydrogen-bond acceptors (Lipinski definition) is 4. The first-order valence-corrected chi connectivity index (χ1v) is 12.9. The van der Waals surface area contributed by atoms with Gasteiger partial charge in [0, 0.05) is 15.5 Å². The van der Waals surface area contributed by atoms with E-state index in [1.54, 1.807) is 30.0 Å². The number of hydrogen-bond donors (Lipinski definition) is 1. The van der Waals surface area contributed by atoms with Crippen molar-refractivity contribution in [3.63, 3.8) is 0 Å². The van der Waals surface area contributed by atoms with Crippen molar-refractivity contribution in [3.05, 3.63) is 106 Å². The number of rotatable bonds is 7. The third-order valence-corrected chi connectivity index (χ3v) is 6.71. The number of carbonyl (C=O) groups excluding carboxylic acids is 2. The van der Waals surface area contributed by atoms with E-state index in [0.29, 0.717) is 10.9 Å². The highest BCUT2D eigenvalue weighted by Gasteiger charge is 2.35. The fraction of sp³-hybridized carbons (Fsp3) is 0.179. The van der Waals surface area contributed by atoms with Gasteiger partial charge in [0.05, 0.1) is 5.92 Å². The van der Waals surface area contributed by atoms with E-state index in [9.17, 15) is 9.59 Å². The summed E-state index contributed by atoms with van der Waals surface area (Å²) >= 11 is 7.69. The molecule has 178 valence electrons. The molecule has 0 saturated heterocycles. The van der Waals surface area contributed by atoms with Gasteiger partial charge in [0.15, 0.2) is 5.84 Å². The molecule has 1 aliphatic rings. The number of hydrazine groups is 1. The Morgan fingerprint density at radius 2 is 1.66 bits per heavy atom. The van der Waals surface area contributed by atoms with E-state index in [-0.39, 0.29) is 23.4 Å². The van der Waals surface area contributed by atoms with E-state index < -0.39 is 5.92 Å². The molecule has 0 fully saturated rings. The first-order valence-electron chi connectivity index (χ1n) is 11.3. The lowest BCUT2D eigenvalue weighted by atomic mass is 9.88. The molecule has 2 amide bonds. The van der Waals surface area contributed by atoms with Crippen molar-refractivity contribution >= 4 is 47.1 Å². The van der Waals surface area contributed by atoms with Gasteiger partial charge in [-0.05, 0) is 53.6 Å². The van der Waals surface area contributed by atoms with Gasteiger partial charge in [0.2, 0.25) is 5.91 Å². The fourth-order valence-electron chi connectivity index (χ4n) is 3.95. The molecule has 0 saturated carbocycles. The SMILES string of the molecule is CSc1ccc(/C=C2\N=C(c3ccccc3)N(NC(=O)[C@H](c3ccc(Cl)cc3)C(C)C)C2=O)cc1. The Bertz CT molecular complexity index is 1270. The van der Waals surface area contributed by atoms with Crippen LogP contribution >= 0.6 is 23.4 Å². The van der Waals surface area contributed by atoms with Gasteiger partial charge in [-0.3, -0.25) is 15.0 Å². The van der Waals surface area contributed by atoms with Gasteiger partial charge in [0.1, 0.15) is 5.70 Å². The maximum atomic E-state index is 13.5. The average molecular weight is 504 g/mol. The molecule has 0 bridgehead atoms. The molecule has 0 spiro atoms. The number of aliphatic imine (C=N–C) groups is 1. The zero-order valence-corrected chi connectivity index (χ0v) is 21.3. The molecule has 5 nitrogen and oxygen atoms in total. The number of nitrogens with one attached hydrogen (secondary N) is 1. The van der Waals surface area contributed by atoms with Crippen LogP contribution in [-0.2, 0) is 9.59 Å². The molecule has 3 aromatic carbocycles. The largest absolute Gasteiger partial charge is 0.297 e. The standard InChI is InChI=1S/C28H26ClN3O2S/c1-18(2)25(20-11-13-22(29)14-12-20)27(33)31-32-26(21-7-5-4-6-8-21)30-24(28(32)34)17-19-9-15-23(35-3)16-10-19/h4-18,25H,1-3H3,(H,31,33)/b24-17-/t25-/m0/s1. The van der Waals surface area contributed by atoms with Crippen molar-refractivity contribution in [3.8, 4) is 0 Å². The van der Waals surface area contributed by atoms with Crippen LogP contribution in [0.1, 0.15) is 36.5 Å². The summed E-state index contributed by atoms with van der Waals surface area (Å²) in [6, 6.07) is 24.5. The second-order valence-electron chi connectivity index (χ2n) is 8.49. The monoisotopic (exact) mass is 503 g/mol. The lowest BCUT2D eigenvalue weighted by Crippen LogP contribution is -2.49. The molecule has 3 aromatic rings. The van der Waals surface area contributed by atoms with Crippen molar-refractivity contribution in [2.75, 3.05) is 6.26 Å². The van der Waals surface area contributed by atoms with E-state index >= 15 is 0 Å². The lowest BCUT2D eigenvalue weighted by Gasteiger charge is -2.25. The van der Waals surface area contributed by atoms with E-state index in [1.165, 1.54) is 5.01 Å². The fourth-order valence-corrected chi connectivity index (χ4v) is 4.48. The van der Waals surface area contributed by atoms with Crippen molar-refractivity contribution in [2.24, 2.45) is 10.9 Å². The van der Waals surface area contributed by atoms with E-state index in [0.717, 1.165) is 21.6 Å². The summed E-state index contributed by atoms with van der Waals surface area (Å²) in [5.41, 5.74) is 5.52. The minimum Gasteiger partial charge on any atom is -0.273 e. The third-order valence-electron chi connectivity index (χ3n) is 5.71. The maximum absolute atomic E-state index is 13.5. The molecule has 0 aromatic heterocycles. The molecule has 1 aliphatic heterocycles. The number of nitrogens with zero attached hydrogens (tertiary/aromatic N) is 2. The molecule has 1 N–H and O–H groups in total. The molecule has 35 heavy (non-hydrogen) atoms. The lowest BCUT2D eigenvalue weighted by molar-refractivity contribution is -0.134.